The normalized spacial score (nSPS) is 16.4. The Morgan fingerprint density at radius 2 is 1.85 bits per heavy atom. The number of hydrogen-bond acceptors (Lipinski definition) is 4. The van der Waals surface area contributed by atoms with E-state index in [0.717, 1.165) is 12.1 Å². The predicted molar refractivity (Wildman–Crippen MR) is 99.3 cm³/mol. The van der Waals surface area contributed by atoms with E-state index in [4.69, 9.17) is 4.42 Å². The molecule has 2 aromatic heterocycles. The summed E-state index contributed by atoms with van der Waals surface area (Å²) in [4.78, 5) is 19.7. The van der Waals surface area contributed by atoms with Crippen molar-refractivity contribution < 1.29 is 39.9 Å². The Kier molecular flexibility index (Phi) is 5.62. The third-order valence-corrected chi connectivity index (χ3v) is 5.09. The van der Waals surface area contributed by atoms with Crippen LogP contribution in [0.3, 0.4) is 0 Å². The van der Waals surface area contributed by atoms with Crippen LogP contribution in [0, 0.1) is 5.82 Å². The van der Waals surface area contributed by atoms with Gasteiger partial charge in [0.15, 0.2) is 5.82 Å². The molecule has 2 heterocycles. The molecule has 174 valence electrons. The largest absolute Gasteiger partial charge is 0.441 e. The Bertz CT molecular complexity index is 1200. The summed E-state index contributed by atoms with van der Waals surface area (Å²) in [5, 5.41) is 2.57. The first-order chi connectivity index (χ1) is 15.4. The van der Waals surface area contributed by atoms with E-state index in [1.165, 1.54) is 6.07 Å². The Morgan fingerprint density at radius 1 is 1.09 bits per heavy atom. The molecule has 5 nitrogen and oxygen atoms in total. The molecule has 3 aromatic rings. The van der Waals surface area contributed by atoms with Gasteiger partial charge >= 0.3 is 12.4 Å². The summed E-state index contributed by atoms with van der Waals surface area (Å²) in [5.41, 5.74) is -2.91. The van der Waals surface area contributed by atoms with Crippen LogP contribution in [0.5, 0.6) is 0 Å². The zero-order valence-corrected chi connectivity index (χ0v) is 16.5. The van der Waals surface area contributed by atoms with Crippen molar-refractivity contribution in [1.29, 1.82) is 0 Å². The molecule has 0 radical (unpaired) electrons. The fourth-order valence-corrected chi connectivity index (χ4v) is 3.51. The molecule has 4 rings (SSSR count). The highest BCUT2D eigenvalue weighted by Crippen LogP contribution is 2.36. The summed E-state index contributed by atoms with van der Waals surface area (Å²) in [6.07, 6.45) is -7.82. The van der Waals surface area contributed by atoms with Gasteiger partial charge in [-0.2, -0.15) is 26.3 Å². The lowest BCUT2D eigenvalue weighted by Gasteiger charge is -2.21. The molecule has 0 bridgehead atoms. The molecule has 0 fully saturated rings. The SMILES string of the molecule is O=C(N[C@H]1CCCc2oc(-c3cc(C(F)(F)F)ncc3F)nc21)c1cccc(C(F)(F)F)c1. The minimum atomic E-state index is -4.81. The first kappa shape index (κ1) is 22.7. The van der Waals surface area contributed by atoms with Crippen molar-refractivity contribution in [3.63, 3.8) is 0 Å². The lowest BCUT2D eigenvalue weighted by molar-refractivity contribution is -0.141. The number of carbonyl (C=O) groups is 1. The number of hydrogen-bond donors (Lipinski definition) is 1. The maximum Gasteiger partial charge on any atom is 0.433 e. The summed E-state index contributed by atoms with van der Waals surface area (Å²) in [7, 11) is 0. The van der Waals surface area contributed by atoms with Gasteiger partial charge in [0, 0.05) is 12.0 Å². The number of fused-ring (bicyclic) bond motifs is 1. The van der Waals surface area contributed by atoms with Crippen LogP contribution in [0.4, 0.5) is 30.7 Å². The first-order valence-corrected chi connectivity index (χ1v) is 9.64. The van der Waals surface area contributed by atoms with Gasteiger partial charge in [-0.15, -0.1) is 0 Å². The zero-order chi connectivity index (χ0) is 24.0. The second-order valence-electron chi connectivity index (χ2n) is 7.37. The number of nitrogens with one attached hydrogen (secondary N) is 1. The third-order valence-electron chi connectivity index (χ3n) is 5.09. The number of aryl methyl sites for hydroxylation is 1. The van der Waals surface area contributed by atoms with Crippen molar-refractivity contribution in [1.82, 2.24) is 15.3 Å². The lowest BCUT2D eigenvalue weighted by atomic mass is 9.96. The van der Waals surface area contributed by atoms with Crippen LogP contribution < -0.4 is 5.32 Å². The summed E-state index contributed by atoms with van der Waals surface area (Å²) >= 11 is 0. The third kappa shape index (κ3) is 4.69. The summed E-state index contributed by atoms with van der Waals surface area (Å²) in [6.45, 7) is 0. The van der Waals surface area contributed by atoms with Crippen LogP contribution in [-0.2, 0) is 18.8 Å². The topological polar surface area (TPSA) is 68.0 Å². The Morgan fingerprint density at radius 3 is 2.55 bits per heavy atom. The molecule has 1 aliphatic carbocycles. The van der Waals surface area contributed by atoms with Gasteiger partial charge in [0.1, 0.15) is 17.1 Å². The highest BCUT2D eigenvalue weighted by Gasteiger charge is 2.35. The molecule has 1 N–H and O–H groups in total. The van der Waals surface area contributed by atoms with E-state index in [-0.39, 0.29) is 17.0 Å². The molecular formula is C21H14F7N3O2. The van der Waals surface area contributed by atoms with Crippen molar-refractivity contribution in [3.05, 3.63) is 70.6 Å². The highest BCUT2D eigenvalue weighted by molar-refractivity contribution is 5.94. The number of benzene rings is 1. The van der Waals surface area contributed by atoms with Gasteiger partial charge in [-0.1, -0.05) is 6.07 Å². The molecular weight excluding hydrogens is 459 g/mol. The van der Waals surface area contributed by atoms with Crippen molar-refractivity contribution >= 4 is 5.91 Å². The second kappa shape index (κ2) is 8.16. The van der Waals surface area contributed by atoms with E-state index in [0.29, 0.717) is 37.6 Å². The van der Waals surface area contributed by atoms with Crippen molar-refractivity contribution in [3.8, 4) is 11.5 Å². The quantitative estimate of drug-likeness (QED) is 0.494. The van der Waals surface area contributed by atoms with Crippen molar-refractivity contribution in [2.45, 2.75) is 37.7 Å². The van der Waals surface area contributed by atoms with Crippen molar-refractivity contribution in [2.75, 3.05) is 0 Å². The minimum Gasteiger partial charge on any atom is -0.441 e. The number of pyridine rings is 1. The van der Waals surface area contributed by atoms with E-state index < -0.39 is 52.8 Å². The van der Waals surface area contributed by atoms with E-state index >= 15 is 0 Å². The number of carbonyl (C=O) groups excluding carboxylic acids is 1. The van der Waals surface area contributed by atoms with Crippen LogP contribution in [0.25, 0.3) is 11.5 Å². The predicted octanol–water partition coefficient (Wildman–Crippen LogP) is 5.72. The standard InChI is InChI=1S/C21H14F7N3O2/c22-13-9-29-16(21(26,27)28)8-12(13)19-31-17-14(5-2-6-15(17)33-19)30-18(32)10-3-1-4-11(7-10)20(23,24)25/h1,3-4,7-9,14H,2,5-6H2,(H,30,32)/t14-/m0/s1. The number of oxazole rings is 1. The summed E-state index contributed by atoms with van der Waals surface area (Å²) in [5.74, 6) is -2.04. The number of aromatic nitrogens is 2. The van der Waals surface area contributed by atoms with Crippen LogP contribution >= 0.6 is 0 Å². The molecule has 12 heteroatoms. The van der Waals surface area contributed by atoms with Crippen LogP contribution in [0.2, 0.25) is 0 Å². The number of halogens is 7. The fourth-order valence-electron chi connectivity index (χ4n) is 3.51. The van der Waals surface area contributed by atoms with Gasteiger partial charge in [-0.25, -0.2) is 14.4 Å². The van der Waals surface area contributed by atoms with E-state index in [9.17, 15) is 35.5 Å². The van der Waals surface area contributed by atoms with Gasteiger partial charge < -0.3 is 9.73 Å². The van der Waals surface area contributed by atoms with E-state index in [1.54, 1.807) is 0 Å². The Balaban J connectivity index is 1.62. The summed E-state index contributed by atoms with van der Waals surface area (Å²) < 4.78 is 97.3. The molecule has 0 spiro atoms. The molecule has 0 aliphatic heterocycles. The fraction of sp³-hybridized carbons (Fsp3) is 0.286. The van der Waals surface area contributed by atoms with Crippen molar-refractivity contribution in [2.24, 2.45) is 0 Å². The molecule has 0 unspecified atom stereocenters. The molecule has 1 amide bonds. The first-order valence-electron chi connectivity index (χ1n) is 9.64. The lowest BCUT2D eigenvalue weighted by Crippen LogP contribution is -2.31. The van der Waals surface area contributed by atoms with Crippen LogP contribution in [0.1, 0.15) is 52.0 Å². The Labute approximate surface area is 181 Å². The molecule has 1 aliphatic rings. The minimum absolute atomic E-state index is 0.182. The van der Waals surface area contributed by atoms with Gasteiger partial charge in [0.2, 0.25) is 5.89 Å². The maximum absolute atomic E-state index is 14.2. The average molecular weight is 473 g/mol. The average Bonchev–Trinajstić information content (AvgIpc) is 3.18. The maximum atomic E-state index is 14.2. The number of nitrogens with zero attached hydrogens (tertiary/aromatic N) is 2. The molecule has 1 atom stereocenters. The van der Waals surface area contributed by atoms with Gasteiger partial charge in [-0.05, 0) is 37.1 Å². The van der Waals surface area contributed by atoms with Gasteiger partial charge in [0.05, 0.1) is 23.4 Å². The van der Waals surface area contributed by atoms with Gasteiger partial charge in [0.25, 0.3) is 5.91 Å². The van der Waals surface area contributed by atoms with E-state index in [2.05, 4.69) is 15.3 Å². The smallest absolute Gasteiger partial charge is 0.433 e. The van der Waals surface area contributed by atoms with Crippen LogP contribution in [-0.4, -0.2) is 15.9 Å². The molecule has 0 saturated heterocycles. The van der Waals surface area contributed by atoms with E-state index in [1.807, 2.05) is 0 Å². The molecule has 33 heavy (non-hydrogen) atoms. The number of rotatable bonds is 3. The highest BCUT2D eigenvalue weighted by atomic mass is 19.4. The molecule has 0 saturated carbocycles. The zero-order valence-electron chi connectivity index (χ0n) is 16.5. The monoisotopic (exact) mass is 473 g/mol. The van der Waals surface area contributed by atoms with Crippen LogP contribution in [0.15, 0.2) is 40.9 Å². The summed E-state index contributed by atoms with van der Waals surface area (Å²) in [6, 6.07) is 3.55. The van der Waals surface area contributed by atoms with Gasteiger partial charge in [-0.3, -0.25) is 4.79 Å². The Hall–Kier alpha value is -3.44. The number of alkyl halides is 6. The molecule has 1 aromatic carbocycles. The second-order valence-corrected chi connectivity index (χ2v) is 7.37. The number of amides is 1.